The van der Waals surface area contributed by atoms with Crippen LogP contribution >= 0.6 is 23.8 Å². The van der Waals surface area contributed by atoms with Crippen LogP contribution in [0.25, 0.3) is 5.69 Å². The standard InChI is InChI=1S/C31H32ClN5O2S/c1-19-8-11-23(12-9-19)34-28(38)14-16-36-30(29(35-31(36)40)25-7-5-6-15-33-25)24-17-20(2)37(21(24)3)26-18-22(32)10-13-27(26)39-4/h5-13,15,17-18,29-30H,14,16H2,1-4H3,(H,34,38)(H,35,40)/t29-,30+/m1/s1. The molecule has 4 aromatic rings. The van der Waals surface area contributed by atoms with Gasteiger partial charge in [-0.2, -0.15) is 0 Å². The largest absolute Gasteiger partial charge is 0.495 e. The van der Waals surface area contributed by atoms with Crippen LogP contribution in [0.1, 0.15) is 46.7 Å². The maximum absolute atomic E-state index is 12.9. The number of carbonyl (C=O) groups is 1. The van der Waals surface area contributed by atoms with Gasteiger partial charge in [0.2, 0.25) is 5.91 Å². The van der Waals surface area contributed by atoms with E-state index in [9.17, 15) is 4.79 Å². The van der Waals surface area contributed by atoms with Crippen LogP contribution in [0.15, 0.2) is 72.9 Å². The first-order valence-corrected chi connectivity index (χ1v) is 13.9. The first-order valence-electron chi connectivity index (χ1n) is 13.1. The Kier molecular flexibility index (Phi) is 8.09. The van der Waals surface area contributed by atoms with Crippen molar-refractivity contribution >= 4 is 40.5 Å². The minimum atomic E-state index is -0.191. The molecule has 7 nitrogen and oxygen atoms in total. The molecular weight excluding hydrogens is 542 g/mol. The van der Waals surface area contributed by atoms with Crippen molar-refractivity contribution in [1.82, 2.24) is 19.8 Å². The molecule has 0 radical (unpaired) electrons. The van der Waals surface area contributed by atoms with Crippen LogP contribution in [0.3, 0.4) is 0 Å². The number of anilines is 1. The second-order valence-electron chi connectivity index (χ2n) is 9.96. The number of hydrogen-bond donors (Lipinski definition) is 2. The number of methoxy groups -OCH3 is 1. The maximum Gasteiger partial charge on any atom is 0.226 e. The van der Waals surface area contributed by atoms with Crippen LogP contribution in [-0.4, -0.2) is 39.1 Å². The van der Waals surface area contributed by atoms with Crippen LogP contribution in [0, 0.1) is 20.8 Å². The van der Waals surface area contributed by atoms with E-state index in [0.29, 0.717) is 16.7 Å². The Morgan fingerprint density at radius 3 is 2.58 bits per heavy atom. The molecule has 1 aliphatic rings. The van der Waals surface area contributed by atoms with Crippen LogP contribution < -0.4 is 15.4 Å². The number of nitrogens with zero attached hydrogens (tertiary/aromatic N) is 3. The number of benzene rings is 2. The average molecular weight is 574 g/mol. The third kappa shape index (κ3) is 5.55. The van der Waals surface area contributed by atoms with E-state index in [1.165, 1.54) is 0 Å². The van der Waals surface area contributed by atoms with Crippen molar-refractivity contribution in [2.24, 2.45) is 0 Å². The molecule has 0 aliphatic carbocycles. The van der Waals surface area contributed by atoms with Gasteiger partial charge in [-0.3, -0.25) is 9.78 Å². The summed E-state index contributed by atoms with van der Waals surface area (Å²) in [4.78, 5) is 19.7. The van der Waals surface area contributed by atoms with Crippen molar-refractivity contribution < 1.29 is 9.53 Å². The summed E-state index contributed by atoms with van der Waals surface area (Å²) in [5, 5.41) is 7.70. The molecule has 2 aromatic heterocycles. The molecule has 1 saturated heterocycles. The zero-order chi connectivity index (χ0) is 28.4. The molecule has 0 saturated carbocycles. The summed E-state index contributed by atoms with van der Waals surface area (Å²) in [6.07, 6.45) is 2.07. The van der Waals surface area contributed by atoms with Gasteiger partial charge in [-0.25, -0.2) is 0 Å². The third-order valence-electron chi connectivity index (χ3n) is 7.28. The molecule has 2 N–H and O–H groups in total. The molecular formula is C31H32ClN5O2S. The lowest BCUT2D eigenvalue weighted by Crippen LogP contribution is -2.32. The second-order valence-corrected chi connectivity index (χ2v) is 10.8. The van der Waals surface area contributed by atoms with Crippen LogP contribution in [-0.2, 0) is 4.79 Å². The number of halogens is 1. The van der Waals surface area contributed by atoms with E-state index < -0.39 is 0 Å². The highest BCUT2D eigenvalue weighted by Crippen LogP contribution is 2.42. The second kappa shape index (κ2) is 11.7. The van der Waals surface area contributed by atoms with E-state index in [2.05, 4.69) is 45.0 Å². The van der Waals surface area contributed by atoms with Crippen molar-refractivity contribution in [3.63, 3.8) is 0 Å². The van der Waals surface area contributed by atoms with Crippen LogP contribution in [0.4, 0.5) is 5.69 Å². The van der Waals surface area contributed by atoms with Gasteiger partial charge in [0.15, 0.2) is 5.11 Å². The number of thiocarbonyl (C=S) groups is 1. The Balaban J connectivity index is 1.49. The normalized spacial score (nSPS) is 16.6. The lowest BCUT2D eigenvalue weighted by Gasteiger charge is -2.28. The van der Waals surface area contributed by atoms with E-state index >= 15 is 0 Å². The Labute approximate surface area is 245 Å². The Morgan fingerprint density at radius 1 is 1.10 bits per heavy atom. The predicted octanol–water partition coefficient (Wildman–Crippen LogP) is 6.46. The number of hydrogen-bond acceptors (Lipinski definition) is 4. The van der Waals surface area contributed by atoms with Gasteiger partial charge in [0.25, 0.3) is 0 Å². The fourth-order valence-electron chi connectivity index (χ4n) is 5.36. The monoisotopic (exact) mass is 573 g/mol. The molecule has 2 atom stereocenters. The molecule has 206 valence electrons. The zero-order valence-electron chi connectivity index (χ0n) is 22.9. The summed E-state index contributed by atoms with van der Waals surface area (Å²) in [6.45, 7) is 6.61. The quantitative estimate of drug-likeness (QED) is 0.236. The molecule has 9 heteroatoms. The minimum Gasteiger partial charge on any atom is -0.495 e. The van der Waals surface area contributed by atoms with E-state index in [4.69, 9.17) is 28.6 Å². The zero-order valence-corrected chi connectivity index (χ0v) is 24.5. The van der Waals surface area contributed by atoms with Gasteiger partial charge in [0.05, 0.1) is 30.6 Å². The SMILES string of the molecule is COc1ccc(Cl)cc1-n1c(C)cc([C@H]2[C@@H](c3ccccn3)NC(=S)N2CCC(=O)Nc2ccc(C)cc2)c1C. The number of rotatable bonds is 8. The molecule has 1 fully saturated rings. The lowest BCUT2D eigenvalue weighted by atomic mass is 9.96. The van der Waals surface area contributed by atoms with Gasteiger partial charge in [-0.15, -0.1) is 0 Å². The van der Waals surface area contributed by atoms with E-state index in [1.54, 1.807) is 13.3 Å². The predicted molar refractivity (Wildman–Crippen MR) is 163 cm³/mol. The topological polar surface area (TPSA) is 71.4 Å². The summed E-state index contributed by atoms with van der Waals surface area (Å²) < 4.78 is 7.82. The number of aromatic nitrogens is 2. The fourth-order valence-corrected chi connectivity index (χ4v) is 5.86. The lowest BCUT2D eigenvalue weighted by molar-refractivity contribution is -0.116. The highest BCUT2D eigenvalue weighted by Gasteiger charge is 2.41. The highest BCUT2D eigenvalue weighted by atomic mass is 35.5. The average Bonchev–Trinajstić information content (AvgIpc) is 3.43. The molecule has 5 rings (SSSR count). The van der Waals surface area contributed by atoms with Crippen molar-refractivity contribution in [3.05, 3.63) is 106 Å². The number of amides is 1. The molecule has 0 spiro atoms. The van der Waals surface area contributed by atoms with Gasteiger partial charge < -0.3 is 24.8 Å². The Hall–Kier alpha value is -3.88. The fraction of sp³-hybridized carbons (Fsp3) is 0.258. The van der Waals surface area contributed by atoms with Gasteiger partial charge in [0, 0.05) is 41.3 Å². The van der Waals surface area contributed by atoms with Crippen molar-refractivity contribution in [2.75, 3.05) is 19.0 Å². The Morgan fingerprint density at radius 2 is 1.88 bits per heavy atom. The third-order valence-corrected chi connectivity index (χ3v) is 7.87. The van der Waals surface area contributed by atoms with Gasteiger partial charge in [-0.1, -0.05) is 35.4 Å². The first-order chi connectivity index (χ1) is 19.3. The van der Waals surface area contributed by atoms with Gasteiger partial charge in [-0.05, 0) is 87.1 Å². The number of carbonyl (C=O) groups excluding carboxylic acids is 1. The molecule has 2 aromatic carbocycles. The molecule has 1 aliphatic heterocycles. The number of ether oxygens (including phenoxy) is 1. The maximum atomic E-state index is 12.9. The van der Waals surface area contributed by atoms with Crippen molar-refractivity contribution in [1.29, 1.82) is 0 Å². The van der Waals surface area contributed by atoms with Crippen LogP contribution in [0.5, 0.6) is 5.75 Å². The number of pyridine rings is 1. The molecule has 3 heterocycles. The Bertz CT molecular complexity index is 1540. The van der Waals surface area contributed by atoms with Gasteiger partial charge in [0.1, 0.15) is 5.75 Å². The number of aryl methyl sites for hydroxylation is 2. The van der Waals surface area contributed by atoms with Crippen molar-refractivity contribution in [2.45, 2.75) is 39.3 Å². The summed E-state index contributed by atoms with van der Waals surface area (Å²) in [7, 11) is 1.65. The summed E-state index contributed by atoms with van der Waals surface area (Å²) >= 11 is 12.2. The highest BCUT2D eigenvalue weighted by molar-refractivity contribution is 7.80. The summed E-state index contributed by atoms with van der Waals surface area (Å²) in [5.74, 6) is 0.657. The molecule has 0 bridgehead atoms. The summed E-state index contributed by atoms with van der Waals surface area (Å²) in [6, 6.07) is 21.1. The van der Waals surface area contributed by atoms with Gasteiger partial charge >= 0.3 is 0 Å². The first kappa shape index (κ1) is 27.7. The minimum absolute atomic E-state index is 0.0687. The molecule has 1 amide bonds. The van der Waals surface area contributed by atoms with E-state index in [-0.39, 0.29) is 24.4 Å². The van der Waals surface area contributed by atoms with E-state index in [1.807, 2.05) is 67.6 Å². The number of nitrogens with one attached hydrogen (secondary N) is 2. The van der Waals surface area contributed by atoms with Crippen molar-refractivity contribution in [3.8, 4) is 11.4 Å². The molecule has 0 unspecified atom stereocenters. The summed E-state index contributed by atoms with van der Waals surface area (Å²) in [5.41, 5.74) is 6.81. The van der Waals surface area contributed by atoms with E-state index in [0.717, 1.165) is 45.3 Å². The smallest absolute Gasteiger partial charge is 0.226 e. The van der Waals surface area contributed by atoms with Crippen LogP contribution in [0.2, 0.25) is 5.02 Å². The molecule has 40 heavy (non-hydrogen) atoms.